The maximum absolute atomic E-state index is 13.2. The molecule has 3 aromatic carbocycles. The van der Waals surface area contributed by atoms with Gasteiger partial charge in [0.15, 0.2) is 5.82 Å². The zero-order valence-electron chi connectivity index (χ0n) is 16.6. The Morgan fingerprint density at radius 2 is 1.77 bits per heavy atom. The second-order valence-electron chi connectivity index (χ2n) is 6.58. The molecule has 4 aromatic rings. The van der Waals surface area contributed by atoms with E-state index >= 15 is 0 Å². The van der Waals surface area contributed by atoms with Crippen molar-refractivity contribution in [3.8, 4) is 17.1 Å². The van der Waals surface area contributed by atoms with Crippen molar-refractivity contribution in [3.05, 3.63) is 89.4 Å². The molecule has 1 amide bonds. The lowest BCUT2D eigenvalue weighted by molar-refractivity contribution is -0.115. The predicted molar refractivity (Wildman–Crippen MR) is 123 cm³/mol. The van der Waals surface area contributed by atoms with Gasteiger partial charge in [-0.05, 0) is 23.8 Å². The number of rotatable bonds is 7. The van der Waals surface area contributed by atoms with Gasteiger partial charge in [-0.2, -0.15) is 0 Å². The van der Waals surface area contributed by atoms with E-state index in [2.05, 4.69) is 20.5 Å². The summed E-state index contributed by atoms with van der Waals surface area (Å²) in [5.41, 5.74) is 2.35. The summed E-state index contributed by atoms with van der Waals surface area (Å²) in [6.45, 7) is 0. The van der Waals surface area contributed by atoms with Crippen molar-refractivity contribution in [1.29, 1.82) is 0 Å². The second-order valence-corrected chi connectivity index (χ2v) is 8.06. The highest BCUT2D eigenvalue weighted by atomic mass is 35.5. The molecule has 0 aliphatic carbocycles. The monoisotopic (exact) mass is 450 g/mol. The molecule has 0 radical (unpaired) electrons. The van der Waals surface area contributed by atoms with Crippen LogP contribution in [0.2, 0.25) is 5.02 Å². The number of ether oxygens (including phenoxy) is 1. The molecule has 1 heterocycles. The minimum Gasteiger partial charge on any atom is -0.495 e. The first kappa shape index (κ1) is 21.0. The molecule has 0 spiro atoms. The number of halogens is 1. The van der Waals surface area contributed by atoms with Gasteiger partial charge in [0.1, 0.15) is 11.0 Å². The molecule has 0 saturated heterocycles. The van der Waals surface area contributed by atoms with Crippen LogP contribution < -0.4 is 10.1 Å². The molecule has 0 fully saturated rings. The summed E-state index contributed by atoms with van der Waals surface area (Å²) >= 11 is 7.47. The number of methoxy groups -OCH3 is 1. The fourth-order valence-corrected chi connectivity index (χ4v) is 4.15. The third kappa shape index (κ3) is 5.07. The molecule has 2 N–H and O–H groups in total. The van der Waals surface area contributed by atoms with Crippen molar-refractivity contribution in [2.45, 2.75) is 10.4 Å². The van der Waals surface area contributed by atoms with Crippen molar-refractivity contribution < 1.29 is 9.53 Å². The van der Waals surface area contributed by atoms with Crippen LogP contribution in [-0.4, -0.2) is 28.2 Å². The molecular weight excluding hydrogens is 432 g/mol. The summed E-state index contributed by atoms with van der Waals surface area (Å²) in [5.74, 6) is 0.989. The van der Waals surface area contributed by atoms with Crippen LogP contribution in [0.5, 0.6) is 5.75 Å². The summed E-state index contributed by atoms with van der Waals surface area (Å²) < 4.78 is 5.17. The number of carbonyl (C=O) groups excluding carboxylic acids is 1. The highest BCUT2D eigenvalue weighted by Crippen LogP contribution is 2.36. The SMILES string of the molecule is COc1ccc(NC(=O)[C@H](Sc2n[nH]c(-c3ccccc3)n2)c2ccccc2)cc1Cl. The Morgan fingerprint density at radius 1 is 1.06 bits per heavy atom. The van der Waals surface area contributed by atoms with Crippen molar-refractivity contribution in [2.24, 2.45) is 0 Å². The summed E-state index contributed by atoms with van der Waals surface area (Å²) in [5, 5.41) is 10.5. The van der Waals surface area contributed by atoms with Crippen LogP contribution in [0.3, 0.4) is 0 Å². The minimum atomic E-state index is -0.554. The molecule has 4 rings (SSSR count). The third-order valence-corrected chi connectivity index (χ3v) is 5.91. The predicted octanol–water partition coefficient (Wildman–Crippen LogP) is 5.61. The molecule has 156 valence electrons. The molecule has 8 heteroatoms. The van der Waals surface area contributed by atoms with Crippen molar-refractivity contribution in [1.82, 2.24) is 15.2 Å². The van der Waals surface area contributed by atoms with Gasteiger partial charge in [-0.3, -0.25) is 9.89 Å². The minimum absolute atomic E-state index is 0.205. The van der Waals surface area contributed by atoms with Crippen LogP contribution in [0.15, 0.2) is 84.0 Å². The number of thioether (sulfide) groups is 1. The third-order valence-electron chi connectivity index (χ3n) is 4.50. The lowest BCUT2D eigenvalue weighted by Crippen LogP contribution is -2.19. The van der Waals surface area contributed by atoms with E-state index in [0.29, 0.717) is 27.4 Å². The van der Waals surface area contributed by atoms with E-state index in [9.17, 15) is 4.79 Å². The smallest absolute Gasteiger partial charge is 0.242 e. The van der Waals surface area contributed by atoms with Gasteiger partial charge >= 0.3 is 0 Å². The summed E-state index contributed by atoms with van der Waals surface area (Å²) in [7, 11) is 1.54. The molecular formula is C23H19ClN4O2S. The van der Waals surface area contributed by atoms with Gasteiger partial charge in [0.2, 0.25) is 11.1 Å². The van der Waals surface area contributed by atoms with Crippen LogP contribution in [0.25, 0.3) is 11.4 Å². The molecule has 1 aromatic heterocycles. The van der Waals surface area contributed by atoms with Crippen LogP contribution in [0.1, 0.15) is 10.8 Å². The highest BCUT2D eigenvalue weighted by molar-refractivity contribution is 8.00. The number of H-pyrrole nitrogens is 1. The molecule has 0 aliphatic rings. The second kappa shape index (κ2) is 9.68. The highest BCUT2D eigenvalue weighted by Gasteiger charge is 2.24. The number of amides is 1. The molecule has 0 saturated carbocycles. The topological polar surface area (TPSA) is 79.9 Å². The van der Waals surface area contributed by atoms with Crippen molar-refractivity contribution in [2.75, 3.05) is 12.4 Å². The first-order valence-electron chi connectivity index (χ1n) is 9.48. The van der Waals surface area contributed by atoms with Gasteiger partial charge in [-0.1, -0.05) is 84.0 Å². The van der Waals surface area contributed by atoms with E-state index in [1.807, 2.05) is 60.7 Å². The zero-order valence-corrected chi connectivity index (χ0v) is 18.2. The van der Waals surface area contributed by atoms with Gasteiger partial charge < -0.3 is 10.1 Å². The lowest BCUT2D eigenvalue weighted by atomic mass is 10.1. The lowest BCUT2D eigenvalue weighted by Gasteiger charge is -2.16. The molecule has 0 aliphatic heterocycles. The van der Waals surface area contributed by atoms with Gasteiger partial charge in [-0.15, -0.1) is 5.10 Å². The first-order valence-corrected chi connectivity index (χ1v) is 10.7. The number of carbonyl (C=O) groups is 1. The Kier molecular flexibility index (Phi) is 6.54. The summed E-state index contributed by atoms with van der Waals surface area (Å²) in [6, 6.07) is 24.3. The number of nitrogens with zero attached hydrogens (tertiary/aromatic N) is 2. The molecule has 0 bridgehead atoms. The number of benzene rings is 3. The molecule has 31 heavy (non-hydrogen) atoms. The fourth-order valence-electron chi connectivity index (χ4n) is 2.98. The fraction of sp³-hybridized carbons (Fsp3) is 0.0870. The largest absolute Gasteiger partial charge is 0.495 e. The number of anilines is 1. The Hall–Kier alpha value is -3.29. The maximum Gasteiger partial charge on any atom is 0.242 e. The Morgan fingerprint density at radius 3 is 2.45 bits per heavy atom. The average molecular weight is 451 g/mol. The zero-order chi connectivity index (χ0) is 21.6. The van der Waals surface area contributed by atoms with Gasteiger partial charge in [0, 0.05) is 11.3 Å². The molecule has 6 nitrogen and oxygen atoms in total. The van der Waals surface area contributed by atoms with E-state index in [1.165, 1.54) is 11.8 Å². The van der Waals surface area contributed by atoms with E-state index in [0.717, 1.165) is 11.1 Å². The van der Waals surface area contributed by atoms with E-state index in [-0.39, 0.29) is 5.91 Å². The number of aromatic nitrogens is 3. The summed E-state index contributed by atoms with van der Waals surface area (Å²) in [4.78, 5) is 17.7. The van der Waals surface area contributed by atoms with Gasteiger partial charge in [-0.25, -0.2) is 4.98 Å². The quantitative estimate of drug-likeness (QED) is 0.358. The molecule has 0 unspecified atom stereocenters. The number of nitrogens with one attached hydrogen (secondary N) is 2. The van der Waals surface area contributed by atoms with Gasteiger partial charge in [0.05, 0.1) is 12.1 Å². The Bertz CT molecular complexity index is 1170. The molecule has 1 atom stereocenters. The Balaban J connectivity index is 1.57. The standard InChI is InChI=1S/C23H19ClN4O2S/c1-30-19-13-12-17(14-18(19)24)25-22(29)20(15-8-4-2-5-9-15)31-23-26-21(27-28-23)16-10-6-3-7-11-16/h2-14,20H,1H3,(H,25,29)(H,26,27,28)/t20-/m1/s1. The normalized spacial score (nSPS) is 11.7. The van der Waals surface area contributed by atoms with Crippen LogP contribution >= 0.6 is 23.4 Å². The Labute approximate surface area is 189 Å². The van der Waals surface area contributed by atoms with Crippen molar-refractivity contribution >= 4 is 35.0 Å². The average Bonchev–Trinajstić information content (AvgIpc) is 3.27. The van der Waals surface area contributed by atoms with Gasteiger partial charge in [0.25, 0.3) is 0 Å². The summed E-state index contributed by atoms with van der Waals surface area (Å²) in [6.07, 6.45) is 0. The number of aromatic amines is 1. The van der Waals surface area contributed by atoms with E-state index in [1.54, 1.807) is 25.3 Å². The van der Waals surface area contributed by atoms with E-state index in [4.69, 9.17) is 16.3 Å². The first-order chi connectivity index (χ1) is 15.1. The number of hydrogen-bond acceptors (Lipinski definition) is 5. The van der Waals surface area contributed by atoms with Crippen LogP contribution in [-0.2, 0) is 4.79 Å². The van der Waals surface area contributed by atoms with Crippen LogP contribution in [0, 0.1) is 0 Å². The number of hydrogen-bond donors (Lipinski definition) is 2. The van der Waals surface area contributed by atoms with Crippen molar-refractivity contribution in [3.63, 3.8) is 0 Å². The van der Waals surface area contributed by atoms with E-state index < -0.39 is 5.25 Å². The maximum atomic E-state index is 13.2. The van der Waals surface area contributed by atoms with Crippen LogP contribution in [0.4, 0.5) is 5.69 Å².